The normalized spacial score (nSPS) is 22.2. The van der Waals surface area contributed by atoms with Gasteiger partial charge in [-0.1, -0.05) is 42.4 Å². The van der Waals surface area contributed by atoms with Gasteiger partial charge >= 0.3 is 23.9 Å². The van der Waals surface area contributed by atoms with Crippen molar-refractivity contribution in [3.63, 3.8) is 0 Å². The maximum absolute atomic E-state index is 13.4. The van der Waals surface area contributed by atoms with E-state index in [9.17, 15) is 54.0 Å². The minimum absolute atomic E-state index is 0.0518. The maximum atomic E-state index is 13.4. The number of aliphatic carboxylic acids is 2. The summed E-state index contributed by atoms with van der Waals surface area (Å²) < 4.78 is 0. The van der Waals surface area contributed by atoms with Crippen LogP contribution in [0.5, 0.6) is 11.5 Å². The number of nitrogens with zero attached hydrogens (tertiary/aromatic N) is 5. The summed E-state index contributed by atoms with van der Waals surface area (Å²) in [5.41, 5.74) is 6.72. The molecule has 1 aromatic heterocycles. The average Bonchev–Trinajstić information content (AvgIpc) is 3.76. The quantitative estimate of drug-likeness (QED) is 0.0357. The summed E-state index contributed by atoms with van der Waals surface area (Å²) in [6, 6.07) is -0.429. The second-order valence-corrected chi connectivity index (χ2v) is 13.9. The number of halogens is 1. The first kappa shape index (κ1) is 35.9. The number of carbonyl (C=O) groups excluding carboxylic acids is 5. The summed E-state index contributed by atoms with van der Waals surface area (Å²) in [6.07, 6.45) is -1.43. The van der Waals surface area contributed by atoms with Gasteiger partial charge in [-0.2, -0.15) is 0 Å². The van der Waals surface area contributed by atoms with Gasteiger partial charge < -0.3 is 41.2 Å². The van der Waals surface area contributed by atoms with Gasteiger partial charge in [0.2, 0.25) is 16.9 Å². The van der Waals surface area contributed by atoms with Crippen LogP contribution < -0.4 is 16.5 Å². The van der Waals surface area contributed by atoms with Crippen LogP contribution in [-0.2, 0) is 28.8 Å². The highest BCUT2D eigenvalue weighted by Crippen LogP contribution is 2.49. The number of amides is 5. The Labute approximate surface area is 293 Å². The number of hydrogen-bond donors (Lipinski definition) is 7. The lowest BCUT2D eigenvalue weighted by Crippen LogP contribution is -2.68. The van der Waals surface area contributed by atoms with Crippen molar-refractivity contribution in [3.8, 4) is 11.5 Å². The van der Waals surface area contributed by atoms with Crippen molar-refractivity contribution in [2.45, 2.75) is 36.2 Å². The monoisotopic (exact) mass is 754 g/mol. The molecule has 1 aromatic carbocycles. The lowest BCUT2D eigenvalue weighted by atomic mass is 10.1. The molecule has 0 radical (unpaired) electrons. The third-order valence-electron chi connectivity index (χ3n) is 7.78. The number of hydrogen-bond acceptors (Lipinski definition) is 15. The number of phenols is 2. The smallest absolute Gasteiger partial charge is 0.348 e. The van der Waals surface area contributed by atoms with Gasteiger partial charge in [-0.25, -0.2) is 24.4 Å². The summed E-state index contributed by atoms with van der Waals surface area (Å²) in [5, 5.41) is 45.8. The Bertz CT molecular complexity index is 1860. The molecule has 23 heteroatoms. The fourth-order valence-electron chi connectivity index (χ4n) is 5.18. The predicted octanol–water partition coefficient (Wildman–Crippen LogP) is -0.548. The van der Waals surface area contributed by atoms with Gasteiger partial charge in [-0.15, -0.1) is 11.3 Å². The Morgan fingerprint density at radius 1 is 1.14 bits per heavy atom. The van der Waals surface area contributed by atoms with Crippen molar-refractivity contribution in [2.75, 3.05) is 25.4 Å². The third-order valence-corrected chi connectivity index (χ3v) is 10.5. The van der Waals surface area contributed by atoms with Crippen LogP contribution in [0, 0.1) is 5.92 Å². The molecule has 3 aliphatic heterocycles. The fourth-order valence-corrected chi connectivity index (χ4v) is 7.61. The SMILES string of the molecule is CC(C)C(O/N=C(\C(=O)NC1C(=O)N2C[C@@](C(=O)O)(N3CCN(NC(=O)C(=O)c4ccc(O)c(O)c4Cl)C3=O)S[C@H]12)c1csc(N)n1)C(=O)O. The average molecular weight is 755 g/mol. The number of thioether (sulfide) groups is 1. The number of carboxylic acid groups (broad SMARTS) is 2. The Morgan fingerprint density at radius 2 is 1.84 bits per heavy atom. The number of benzene rings is 1. The Hall–Kier alpha value is -5.35. The number of thiazole rings is 1. The highest BCUT2D eigenvalue weighted by atomic mass is 35.5. The van der Waals surface area contributed by atoms with E-state index in [0.29, 0.717) is 16.8 Å². The first-order valence-corrected chi connectivity index (χ1v) is 16.5. The van der Waals surface area contributed by atoms with E-state index in [0.717, 1.165) is 33.3 Å². The number of phenolic OH excluding ortho intramolecular Hbond substituents is 2. The summed E-state index contributed by atoms with van der Waals surface area (Å²) in [5.74, 6) is -9.22. The zero-order valence-electron chi connectivity index (χ0n) is 25.7. The van der Waals surface area contributed by atoms with Gasteiger partial charge in [0, 0.05) is 17.8 Å². The number of oxime groups is 1. The molecule has 2 unspecified atom stereocenters. The number of carboxylic acids is 2. The van der Waals surface area contributed by atoms with Crippen molar-refractivity contribution in [1.29, 1.82) is 0 Å². The van der Waals surface area contributed by atoms with Gasteiger partial charge in [0.25, 0.3) is 11.7 Å². The van der Waals surface area contributed by atoms with Crippen LogP contribution in [0.2, 0.25) is 5.02 Å². The summed E-state index contributed by atoms with van der Waals surface area (Å²) in [7, 11) is 0. The lowest BCUT2D eigenvalue weighted by molar-refractivity contribution is -0.153. The zero-order chi connectivity index (χ0) is 36.8. The molecule has 0 bridgehead atoms. The largest absolute Gasteiger partial charge is 0.504 e. The van der Waals surface area contributed by atoms with Crippen LogP contribution in [0.15, 0.2) is 22.7 Å². The molecule has 50 heavy (non-hydrogen) atoms. The van der Waals surface area contributed by atoms with Crippen molar-refractivity contribution in [3.05, 3.63) is 33.8 Å². The molecular weight excluding hydrogens is 728 g/mol. The van der Waals surface area contributed by atoms with Crippen molar-refractivity contribution in [2.24, 2.45) is 11.1 Å². The molecule has 3 fully saturated rings. The number of β-lactam (4-membered cyclic amide) rings is 1. The molecule has 20 nitrogen and oxygen atoms in total. The molecule has 8 N–H and O–H groups in total. The number of urea groups is 1. The standard InChI is InChI=1S/C27H27ClN8O12S2/c1-9(2)18(23(43)44)48-33-14(11-7-49-25(29)30-11)19(40)31-15-21(42)34-8-27(24(45)46,50-22(15)34)35-5-6-36(26(35)47)32-20(41)16(38)10-3-4-12(37)17(39)13(10)28/h3-4,7,9,15,18,22,37,39H,5-6,8H2,1-2H3,(H2,29,30)(H,31,40)(H,32,41)(H,43,44)(H,45,46)/b33-14-/t15?,18?,22-,27-/m1/s1. The van der Waals surface area contributed by atoms with Crippen molar-refractivity contribution >= 4 is 87.0 Å². The number of nitrogen functional groups attached to an aromatic ring is 1. The number of rotatable bonds is 12. The molecular formula is C27H27ClN8O12S2. The van der Waals surface area contributed by atoms with Gasteiger partial charge in [-0.05, 0) is 12.1 Å². The number of aromatic nitrogens is 1. The molecule has 4 heterocycles. The Balaban J connectivity index is 1.30. The van der Waals surface area contributed by atoms with E-state index in [2.05, 4.69) is 20.9 Å². The van der Waals surface area contributed by atoms with Crippen molar-refractivity contribution < 1.29 is 58.8 Å². The summed E-state index contributed by atoms with van der Waals surface area (Å²) >= 11 is 7.49. The van der Waals surface area contributed by atoms with Gasteiger partial charge in [0.1, 0.15) is 17.1 Å². The second-order valence-electron chi connectivity index (χ2n) is 11.3. The van der Waals surface area contributed by atoms with Crippen molar-refractivity contribution in [1.82, 2.24) is 30.5 Å². The highest BCUT2D eigenvalue weighted by Gasteiger charge is 2.66. The number of carbonyl (C=O) groups is 7. The number of ketones is 1. The van der Waals surface area contributed by atoms with E-state index in [-0.39, 0.29) is 23.9 Å². The van der Waals surface area contributed by atoms with E-state index in [1.54, 1.807) is 13.8 Å². The number of fused-ring (bicyclic) bond motifs is 1. The van der Waals surface area contributed by atoms with E-state index >= 15 is 0 Å². The molecule has 5 rings (SSSR count). The number of aromatic hydroxyl groups is 2. The zero-order valence-corrected chi connectivity index (χ0v) is 28.1. The maximum Gasteiger partial charge on any atom is 0.348 e. The van der Waals surface area contributed by atoms with E-state index in [1.165, 1.54) is 5.38 Å². The Kier molecular flexibility index (Phi) is 9.72. The van der Waals surface area contributed by atoms with Crippen LogP contribution in [0.1, 0.15) is 29.9 Å². The molecule has 2 aromatic rings. The molecule has 3 aliphatic rings. The molecule has 266 valence electrons. The van der Waals surface area contributed by atoms with Gasteiger partial charge in [0.15, 0.2) is 22.3 Å². The molecule has 5 amide bonds. The topological polar surface area (TPSA) is 295 Å². The number of anilines is 1. The van der Waals surface area contributed by atoms with E-state index < -0.39 is 104 Å². The number of Topliss-reactive ketones (excluding diaryl/α,β-unsaturated/α-hetero) is 1. The number of nitrogens with one attached hydrogen (secondary N) is 2. The summed E-state index contributed by atoms with van der Waals surface area (Å²) in [4.78, 5) is 98.7. The number of hydrazine groups is 1. The summed E-state index contributed by atoms with van der Waals surface area (Å²) in [6.45, 7) is 2.07. The first-order valence-electron chi connectivity index (χ1n) is 14.3. The third kappa shape index (κ3) is 6.27. The van der Waals surface area contributed by atoms with Crippen LogP contribution in [0.25, 0.3) is 0 Å². The van der Waals surface area contributed by atoms with Gasteiger partial charge in [-0.3, -0.25) is 29.5 Å². The molecule has 4 atom stereocenters. The molecule has 3 saturated heterocycles. The van der Waals surface area contributed by atoms with E-state index in [1.807, 2.05) is 0 Å². The first-order chi connectivity index (χ1) is 23.5. The van der Waals surface area contributed by atoms with Crippen LogP contribution >= 0.6 is 34.7 Å². The minimum atomic E-state index is -2.08. The minimum Gasteiger partial charge on any atom is -0.504 e. The second kappa shape index (κ2) is 13.5. The van der Waals surface area contributed by atoms with Gasteiger partial charge in [0.05, 0.1) is 23.7 Å². The van der Waals surface area contributed by atoms with E-state index in [4.69, 9.17) is 22.2 Å². The van der Waals surface area contributed by atoms with Crippen LogP contribution in [0.3, 0.4) is 0 Å². The molecule has 0 spiro atoms. The molecule has 0 aliphatic carbocycles. The fraction of sp³-hybridized carbons (Fsp3) is 0.370. The predicted molar refractivity (Wildman–Crippen MR) is 172 cm³/mol. The Morgan fingerprint density at radius 3 is 2.44 bits per heavy atom. The van der Waals surface area contributed by atoms with Crippen LogP contribution in [0.4, 0.5) is 9.93 Å². The lowest BCUT2D eigenvalue weighted by Gasteiger charge is -2.41. The van der Waals surface area contributed by atoms with Crippen LogP contribution in [-0.4, -0.2) is 129 Å². The number of nitrogens with two attached hydrogens (primary N) is 1. The molecule has 0 saturated carbocycles. The highest BCUT2D eigenvalue weighted by molar-refractivity contribution is 8.02.